The maximum absolute atomic E-state index is 12.1. The Bertz CT molecular complexity index is 351. The van der Waals surface area contributed by atoms with Crippen LogP contribution in [0.15, 0.2) is 0 Å². The third-order valence-corrected chi connectivity index (χ3v) is 4.82. The van der Waals surface area contributed by atoms with Gasteiger partial charge in [-0.1, -0.05) is 0 Å². The van der Waals surface area contributed by atoms with E-state index in [1.54, 1.807) is 13.8 Å². The quantitative estimate of drug-likeness (QED) is 0.297. The molecule has 0 rings (SSSR count). The van der Waals surface area contributed by atoms with Crippen molar-refractivity contribution in [3.8, 4) is 0 Å². The molecule has 0 saturated heterocycles. The molecule has 0 fully saturated rings. The standard InChI is InChI=1S/C14H30NO6P/c1-5-19-22(18,20-6-2)21-13-12-15(3,4)11-9-7-8-10-14(16)17/h5-13H2,1-4H3/p+1. The van der Waals surface area contributed by atoms with E-state index in [0.717, 1.165) is 19.4 Å². The number of carboxylic acids is 1. The summed E-state index contributed by atoms with van der Waals surface area (Å²) in [6.07, 6.45) is 2.78. The van der Waals surface area contributed by atoms with Crippen molar-refractivity contribution in [3.05, 3.63) is 0 Å². The molecular weight excluding hydrogens is 309 g/mol. The van der Waals surface area contributed by atoms with Crippen LogP contribution in [0, 0.1) is 0 Å². The second-order valence-electron chi connectivity index (χ2n) is 5.70. The minimum absolute atomic E-state index is 0.225. The average molecular weight is 340 g/mol. The number of hydrogen-bond donors (Lipinski definition) is 1. The van der Waals surface area contributed by atoms with Crippen molar-refractivity contribution >= 4 is 13.8 Å². The lowest BCUT2D eigenvalue weighted by Gasteiger charge is -2.30. The molecule has 8 heteroatoms. The third-order valence-electron chi connectivity index (χ3n) is 3.17. The van der Waals surface area contributed by atoms with E-state index in [-0.39, 0.29) is 19.6 Å². The van der Waals surface area contributed by atoms with Gasteiger partial charge >= 0.3 is 13.8 Å². The van der Waals surface area contributed by atoms with Crippen molar-refractivity contribution in [2.75, 3.05) is 47.0 Å². The lowest BCUT2D eigenvalue weighted by atomic mass is 10.2. The van der Waals surface area contributed by atoms with Crippen molar-refractivity contribution in [1.29, 1.82) is 0 Å². The molecule has 0 bridgehead atoms. The Hall–Kier alpha value is -0.460. The predicted molar refractivity (Wildman–Crippen MR) is 84.8 cm³/mol. The van der Waals surface area contributed by atoms with Gasteiger partial charge in [-0.15, -0.1) is 0 Å². The van der Waals surface area contributed by atoms with Crippen LogP contribution in [0.1, 0.15) is 39.5 Å². The van der Waals surface area contributed by atoms with Gasteiger partial charge in [0.25, 0.3) is 0 Å². The molecule has 1 N–H and O–H groups in total. The number of phosphoric acid groups is 1. The number of hydrogen-bond acceptors (Lipinski definition) is 5. The minimum Gasteiger partial charge on any atom is -0.481 e. The molecule has 0 saturated carbocycles. The van der Waals surface area contributed by atoms with E-state index >= 15 is 0 Å². The van der Waals surface area contributed by atoms with Crippen LogP contribution < -0.4 is 0 Å². The SMILES string of the molecule is CCOP(=O)(OCC)OCC[N+](C)(C)CCCCCC(=O)O. The van der Waals surface area contributed by atoms with Crippen molar-refractivity contribution in [2.24, 2.45) is 0 Å². The minimum atomic E-state index is -3.43. The first-order valence-corrected chi connectivity index (χ1v) is 9.28. The number of likely N-dealkylation sites (N-methyl/N-ethyl adjacent to an activating group) is 1. The highest BCUT2D eigenvalue weighted by atomic mass is 31.2. The number of quaternary nitrogens is 1. The van der Waals surface area contributed by atoms with Gasteiger partial charge in [0.05, 0.1) is 33.9 Å². The Labute approximate surface area is 133 Å². The smallest absolute Gasteiger partial charge is 0.474 e. The summed E-state index contributed by atoms with van der Waals surface area (Å²) in [5, 5.41) is 8.58. The molecule has 7 nitrogen and oxygen atoms in total. The lowest BCUT2D eigenvalue weighted by Crippen LogP contribution is -2.43. The van der Waals surface area contributed by atoms with Gasteiger partial charge in [0.1, 0.15) is 13.2 Å². The molecule has 0 aliphatic heterocycles. The normalized spacial score (nSPS) is 12.5. The summed E-state index contributed by atoms with van der Waals surface area (Å²) in [5.41, 5.74) is 0. The second-order valence-corrected chi connectivity index (χ2v) is 7.37. The topological polar surface area (TPSA) is 82.1 Å². The van der Waals surface area contributed by atoms with E-state index in [2.05, 4.69) is 14.1 Å². The van der Waals surface area contributed by atoms with Crippen LogP contribution >= 0.6 is 7.82 Å². The molecule has 132 valence electrons. The zero-order valence-electron chi connectivity index (χ0n) is 14.2. The number of carboxylic acid groups (broad SMARTS) is 1. The lowest BCUT2D eigenvalue weighted by molar-refractivity contribution is -0.890. The van der Waals surface area contributed by atoms with Crippen LogP contribution in [0.3, 0.4) is 0 Å². The fourth-order valence-corrected chi connectivity index (χ4v) is 3.09. The molecule has 0 aromatic heterocycles. The molecule has 0 aliphatic rings. The summed E-state index contributed by atoms with van der Waals surface area (Å²) in [7, 11) is 0.696. The molecule has 0 atom stereocenters. The zero-order chi connectivity index (χ0) is 17.1. The Morgan fingerprint density at radius 3 is 2.09 bits per heavy atom. The highest BCUT2D eigenvalue weighted by molar-refractivity contribution is 7.48. The van der Waals surface area contributed by atoms with E-state index in [1.807, 2.05) is 0 Å². The van der Waals surface area contributed by atoms with Gasteiger partial charge in [0, 0.05) is 6.42 Å². The number of unbranched alkanes of at least 4 members (excludes halogenated alkanes) is 2. The van der Waals surface area contributed by atoms with Gasteiger partial charge < -0.3 is 9.59 Å². The fourth-order valence-electron chi connectivity index (χ4n) is 1.93. The molecule has 0 aromatic rings. The third kappa shape index (κ3) is 11.2. The van der Waals surface area contributed by atoms with Gasteiger partial charge in [-0.3, -0.25) is 18.4 Å². The maximum atomic E-state index is 12.1. The average Bonchev–Trinajstić information content (AvgIpc) is 2.38. The highest BCUT2D eigenvalue weighted by Gasteiger charge is 2.26. The number of nitrogens with zero attached hydrogens (tertiary/aromatic N) is 1. The molecule has 0 aliphatic carbocycles. The fraction of sp³-hybridized carbons (Fsp3) is 0.929. The maximum Gasteiger partial charge on any atom is 0.474 e. The van der Waals surface area contributed by atoms with Crippen LogP contribution in [0.4, 0.5) is 0 Å². The van der Waals surface area contributed by atoms with Gasteiger partial charge in [0.15, 0.2) is 0 Å². The van der Waals surface area contributed by atoms with E-state index in [9.17, 15) is 9.36 Å². The summed E-state index contributed by atoms with van der Waals surface area (Å²) in [4.78, 5) is 10.4. The highest BCUT2D eigenvalue weighted by Crippen LogP contribution is 2.49. The number of aliphatic carboxylic acids is 1. The van der Waals surface area contributed by atoms with Crippen LogP contribution in [0.5, 0.6) is 0 Å². The Morgan fingerprint density at radius 2 is 1.59 bits per heavy atom. The Morgan fingerprint density at radius 1 is 1.00 bits per heavy atom. The van der Waals surface area contributed by atoms with Crippen LogP contribution in [-0.4, -0.2) is 62.6 Å². The molecule has 0 radical (unpaired) electrons. The number of rotatable bonds is 14. The Balaban J connectivity index is 3.99. The van der Waals surface area contributed by atoms with E-state index in [0.29, 0.717) is 24.1 Å². The second kappa shape index (κ2) is 11.1. The van der Waals surface area contributed by atoms with Gasteiger partial charge in [0.2, 0.25) is 0 Å². The molecular formula is C14H31NO6P+. The van der Waals surface area contributed by atoms with Gasteiger partial charge in [-0.2, -0.15) is 0 Å². The monoisotopic (exact) mass is 340 g/mol. The predicted octanol–water partition coefficient (Wildman–Crippen LogP) is 2.91. The first-order valence-electron chi connectivity index (χ1n) is 7.82. The van der Waals surface area contributed by atoms with Crippen LogP contribution in [0.2, 0.25) is 0 Å². The molecule has 0 spiro atoms. The summed E-state index contributed by atoms with van der Waals surface area (Å²) < 4.78 is 28.3. The summed E-state index contributed by atoms with van der Waals surface area (Å²) in [5.74, 6) is -0.746. The number of carbonyl (C=O) groups is 1. The molecule has 0 amide bonds. The number of phosphoric ester groups is 1. The van der Waals surface area contributed by atoms with E-state index in [4.69, 9.17) is 18.7 Å². The zero-order valence-corrected chi connectivity index (χ0v) is 15.1. The van der Waals surface area contributed by atoms with Gasteiger partial charge in [-0.05, 0) is 33.1 Å². The van der Waals surface area contributed by atoms with Crippen molar-refractivity contribution in [1.82, 2.24) is 0 Å². The van der Waals surface area contributed by atoms with E-state index < -0.39 is 13.8 Å². The summed E-state index contributed by atoms with van der Waals surface area (Å²) in [6, 6.07) is 0. The molecule has 0 heterocycles. The molecule has 0 aromatic carbocycles. The van der Waals surface area contributed by atoms with Gasteiger partial charge in [-0.25, -0.2) is 4.57 Å². The first kappa shape index (κ1) is 21.5. The Kier molecular flexibility index (Phi) is 10.9. The first-order chi connectivity index (χ1) is 10.2. The summed E-state index contributed by atoms with van der Waals surface area (Å²) in [6.45, 7) is 5.93. The molecule has 22 heavy (non-hydrogen) atoms. The largest absolute Gasteiger partial charge is 0.481 e. The molecule has 0 unspecified atom stereocenters. The van der Waals surface area contributed by atoms with Crippen LogP contribution in [-0.2, 0) is 22.9 Å². The van der Waals surface area contributed by atoms with Crippen molar-refractivity contribution < 1.29 is 32.5 Å². The summed E-state index contributed by atoms with van der Waals surface area (Å²) >= 11 is 0. The van der Waals surface area contributed by atoms with Crippen LogP contribution in [0.25, 0.3) is 0 Å². The van der Waals surface area contributed by atoms with E-state index in [1.165, 1.54) is 0 Å². The van der Waals surface area contributed by atoms with Crippen molar-refractivity contribution in [2.45, 2.75) is 39.5 Å². The van der Waals surface area contributed by atoms with Crippen molar-refractivity contribution in [3.63, 3.8) is 0 Å².